The summed E-state index contributed by atoms with van der Waals surface area (Å²) in [6.45, 7) is 1.79. The topological polar surface area (TPSA) is 49.8 Å². The molecule has 20 heavy (non-hydrogen) atoms. The number of ether oxygens (including phenoxy) is 1. The monoisotopic (exact) mass is 293 g/mol. The molecule has 0 spiro atoms. The molecule has 1 aliphatic carbocycles. The van der Waals surface area contributed by atoms with Gasteiger partial charge in [-0.3, -0.25) is 4.79 Å². The summed E-state index contributed by atoms with van der Waals surface area (Å²) in [5.74, 6) is 0.482. The normalized spacial score (nSPS) is 24.4. The molecule has 1 heterocycles. The van der Waals surface area contributed by atoms with Crippen LogP contribution in [-0.2, 0) is 9.53 Å². The van der Waals surface area contributed by atoms with Gasteiger partial charge in [-0.05, 0) is 36.8 Å². The van der Waals surface area contributed by atoms with Crippen LogP contribution in [0.4, 0.5) is 0 Å². The number of thioether (sulfide) groups is 1. The van der Waals surface area contributed by atoms with Gasteiger partial charge in [0.05, 0.1) is 17.9 Å². The summed E-state index contributed by atoms with van der Waals surface area (Å²) in [6.07, 6.45) is 3.85. The van der Waals surface area contributed by atoms with Crippen molar-refractivity contribution in [3.63, 3.8) is 0 Å². The molecule has 1 atom stereocenters. The van der Waals surface area contributed by atoms with Gasteiger partial charge in [0.1, 0.15) is 11.9 Å². The van der Waals surface area contributed by atoms with Gasteiger partial charge < -0.3 is 14.7 Å². The minimum Gasteiger partial charge on any atom is -0.508 e. The van der Waals surface area contributed by atoms with Crippen LogP contribution in [0.25, 0.3) is 0 Å². The highest BCUT2D eigenvalue weighted by molar-refractivity contribution is 8.01. The summed E-state index contributed by atoms with van der Waals surface area (Å²) in [5, 5.41) is 9.56. The fraction of sp³-hybridized carbons (Fsp3) is 0.533. The van der Waals surface area contributed by atoms with E-state index in [-0.39, 0.29) is 22.5 Å². The van der Waals surface area contributed by atoms with Crippen molar-refractivity contribution in [1.82, 2.24) is 4.90 Å². The summed E-state index contributed by atoms with van der Waals surface area (Å²) in [5.41, 5.74) is 0.927. The number of hydrogen-bond donors (Lipinski definition) is 1. The van der Waals surface area contributed by atoms with Gasteiger partial charge in [-0.25, -0.2) is 0 Å². The molecule has 1 aromatic carbocycles. The Morgan fingerprint density at radius 1 is 1.50 bits per heavy atom. The van der Waals surface area contributed by atoms with Gasteiger partial charge >= 0.3 is 0 Å². The van der Waals surface area contributed by atoms with Gasteiger partial charge in [0.2, 0.25) is 5.91 Å². The van der Waals surface area contributed by atoms with Crippen molar-refractivity contribution < 1.29 is 14.6 Å². The predicted octanol–water partition coefficient (Wildman–Crippen LogP) is 2.19. The summed E-state index contributed by atoms with van der Waals surface area (Å²) in [6, 6.07) is 7.08. The van der Waals surface area contributed by atoms with Crippen molar-refractivity contribution >= 4 is 17.7 Å². The SMILES string of the molecule is CSC1(C(=O)N2CCO[C@@H](c3cccc(O)c3)C2)CC1. The lowest BCUT2D eigenvalue weighted by atomic mass is 10.1. The average Bonchev–Trinajstić information content (AvgIpc) is 3.28. The van der Waals surface area contributed by atoms with E-state index < -0.39 is 0 Å². The van der Waals surface area contributed by atoms with Crippen molar-refractivity contribution in [3.05, 3.63) is 29.8 Å². The van der Waals surface area contributed by atoms with Crippen LogP contribution in [0.2, 0.25) is 0 Å². The van der Waals surface area contributed by atoms with Crippen LogP contribution >= 0.6 is 11.8 Å². The molecule has 0 aromatic heterocycles. The molecule has 2 aliphatic rings. The van der Waals surface area contributed by atoms with E-state index >= 15 is 0 Å². The van der Waals surface area contributed by atoms with Crippen LogP contribution in [0.15, 0.2) is 24.3 Å². The van der Waals surface area contributed by atoms with E-state index in [1.165, 1.54) is 0 Å². The van der Waals surface area contributed by atoms with Crippen molar-refractivity contribution in [1.29, 1.82) is 0 Å². The van der Waals surface area contributed by atoms with Crippen LogP contribution in [0.5, 0.6) is 5.75 Å². The number of hydrogen-bond acceptors (Lipinski definition) is 4. The molecule has 1 saturated carbocycles. The maximum absolute atomic E-state index is 12.6. The smallest absolute Gasteiger partial charge is 0.238 e. The lowest BCUT2D eigenvalue weighted by Gasteiger charge is -2.35. The molecule has 4 nitrogen and oxygen atoms in total. The standard InChI is InChI=1S/C15H19NO3S/c1-20-15(5-6-15)14(18)16-7-8-19-13(10-16)11-3-2-4-12(17)9-11/h2-4,9,13,17H,5-8,10H2,1H3/t13-/m1/s1. The third-order valence-corrected chi connectivity index (χ3v) is 5.44. The minimum absolute atomic E-state index is 0.141. The Labute approximate surface area is 123 Å². The third-order valence-electron chi connectivity index (χ3n) is 4.08. The fourth-order valence-electron chi connectivity index (χ4n) is 2.67. The van der Waals surface area contributed by atoms with E-state index in [0.717, 1.165) is 18.4 Å². The van der Waals surface area contributed by atoms with E-state index in [4.69, 9.17) is 4.74 Å². The van der Waals surface area contributed by atoms with Crippen LogP contribution in [-0.4, -0.2) is 46.6 Å². The van der Waals surface area contributed by atoms with E-state index in [1.807, 2.05) is 17.2 Å². The second kappa shape index (κ2) is 5.30. The van der Waals surface area contributed by atoms with Crippen molar-refractivity contribution in [2.24, 2.45) is 0 Å². The molecule has 1 aliphatic heterocycles. The number of amides is 1. The Kier molecular flexibility index (Phi) is 3.65. The number of carbonyl (C=O) groups is 1. The van der Waals surface area contributed by atoms with E-state index in [9.17, 15) is 9.90 Å². The quantitative estimate of drug-likeness (QED) is 0.928. The van der Waals surface area contributed by atoms with E-state index in [0.29, 0.717) is 19.7 Å². The Hall–Kier alpha value is -1.20. The van der Waals surface area contributed by atoms with Crippen LogP contribution in [0, 0.1) is 0 Å². The molecule has 0 radical (unpaired) electrons. The van der Waals surface area contributed by atoms with Crippen molar-refractivity contribution in [3.8, 4) is 5.75 Å². The summed E-state index contributed by atoms with van der Waals surface area (Å²) < 4.78 is 5.59. The molecule has 1 N–H and O–H groups in total. The lowest BCUT2D eigenvalue weighted by molar-refractivity contribution is -0.139. The summed E-state index contributed by atoms with van der Waals surface area (Å²) >= 11 is 1.67. The first kappa shape index (κ1) is 13.8. The fourth-order valence-corrected chi connectivity index (χ4v) is 3.48. The number of aromatic hydroxyl groups is 1. The molecule has 0 unspecified atom stereocenters. The molecule has 1 aromatic rings. The Morgan fingerprint density at radius 3 is 2.95 bits per heavy atom. The third kappa shape index (κ3) is 2.52. The zero-order valence-corrected chi connectivity index (χ0v) is 12.4. The average molecular weight is 293 g/mol. The van der Waals surface area contributed by atoms with Crippen LogP contribution in [0.3, 0.4) is 0 Å². The van der Waals surface area contributed by atoms with Gasteiger partial charge in [0.25, 0.3) is 0 Å². The highest BCUT2D eigenvalue weighted by atomic mass is 32.2. The molecular weight excluding hydrogens is 274 g/mol. The molecule has 0 bridgehead atoms. The number of phenols is 1. The van der Waals surface area contributed by atoms with Crippen molar-refractivity contribution in [2.45, 2.75) is 23.7 Å². The maximum Gasteiger partial charge on any atom is 0.238 e. The van der Waals surface area contributed by atoms with Gasteiger partial charge in [-0.15, -0.1) is 11.8 Å². The van der Waals surface area contributed by atoms with E-state index in [1.54, 1.807) is 30.0 Å². The maximum atomic E-state index is 12.6. The number of nitrogens with zero attached hydrogens (tertiary/aromatic N) is 1. The Morgan fingerprint density at radius 2 is 2.30 bits per heavy atom. The molecule has 3 rings (SSSR count). The number of phenolic OH excluding ortho intramolecular Hbond substituents is 1. The second-order valence-electron chi connectivity index (χ2n) is 5.40. The molecule has 108 valence electrons. The largest absolute Gasteiger partial charge is 0.508 e. The zero-order chi connectivity index (χ0) is 14.2. The molecule has 1 amide bonds. The molecule has 5 heteroatoms. The summed E-state index contributed by atoms with van der Waals surface area (Å²) in [4.78, 5) is 14.5. The lowest BCUT2D eigenvalue weighted by Crippen LogP contribution is -2.46. The van der Waals surface area contributed by atoms with Crippen molar-refractivity contribution in [2.75, 3.05) is 26.0 Å². The highest BCUT2D eigenvalue weighted by Crippen LogP contribution is 2.48. The minimum atomic E-state index is -0.166. The Balaban J connectivity index is 1.72. The Bertz CT molecular complexity index is 516. The molecule has 1 saturated heterocycles. The van der Waals surface area contributed by atoms with Gasteiger partial charge in [-0.1, -0.05) is 12.1 Å². The molecular formula is C15H19NO3S. The number of rotatable bonds is 3. The van der Waals surface area contributed by atoms with Gasteiger partial charge in [0, 0.05) is 6.54 Å². The predicted molar refractivity (Wildman–Crippen MR) is 78.9 cm³/mol. The van der Waals surface area contributed by atoms with Crippen LogP contribution < -0.4 is 0 Å². The first-order valence-corrected chi connectivity index (χ1v) is 8.12. The number of morpholine rings is 1. The highest BCUT2D eigenvalue weighted by Gasteiger charge is 2.51. The summed E-state index contributed by atoms with van der Waals surface area (Å²) in [7, 11) is 0. The molecule has 2 fully saturated rings. The first-order valence-electron chi connectivity index (χ1n) is 6.90. The second-order valence-corrected chi connectivity index (χ2v) is 6.59. The van der Waals surface area contributed by atoms with Gasteiger partial charge in [-0.2, -0.15) is 0 Å². The number of benzene rings is 1. The number of carbonyl (C=O) groups excluding carboxylic acids is 1. The zero-order valence-electron chi connectivity index (χ0n) is 11.5. The first-order chi connectivity index (χ1) is 9.64. The van der Waals surface area contributed by atoms with Crippen LogP contribution in [0.1, 0.15) is 24.5 Å². The van der Waals surface area contributed by atoms with E-state index in [2.05, 4.69) is 0 Å². The van der Waals surface area contributed by atoms with Gasteiger partial charge in [0.15, 0.2) is 0 Å².